The predicted molar refractivity (Wildman–Crippen MR) is 21.9 cm³/mol. The molecule has 0 fully saturated rings. The zero-order valence-electron chi connectivity index (χ0n) is 3.88. The van der Waals surface area contributed by atoms with Gasteiger partial charge in [-0.05, 0) is 0 Å². The maximum atomic E-state index is 9.43. The van der Waals surface area contributed by atoms with Gasteiger partial charge in [-0.25, -0.2) is 0 Å². The second-order valence-corrected chi connectivity index (χ2v) is 1.07. The molecule has 3 heteroatoms. The Labute approximate surface area is 37.5 Å². The quantitative estimate of drug-likeness (QED) is 0.387. The van der Waals surface area contributed by atoms with Gasteiger partial charge in [0.05, 0.1) is 0 Å². The SMILES string of the molecule is CN(C)C=O.[N]. The van der Waals surface area contributed by atoms with E-state index < -0.39 is 0 Å². The average molecular weight is 87.1 g/mol. The first-order valence-electron chi connectivity index (χ1n) is 1.39. The first kappa shape index (κ1) is 9.06. The summed E-state index contributed by atoms with van der Waals surface area (Å²) in [5.41, 5.74) is 0. The highest BCUT2D eigenvalue weighted by Crippen LogP contribution is 1.52. The van der Waals surface area contributed by atoms with Gasteiger partial charge in [0, 0.05) is 20.2 Å². The van der Waals surface area contributed by atoms with Crippen molar-refractivity contribution in [2.45, 2.75) is 0 Å². The van der Waals surface area contributed by atoms with Crippen molar-refractivity contribution in [1.29, 1.82) is 0 Å². The first-order valence-corrected chi connectivity index (χ1v) is 1.39. The van der Waals surface area contributed by atoms with Crippen LogP contribution < -0.4 is 6.15 Å². The predicted octanol–water partition coefficient (Wildman–Crippen LogP) is -0.776. The van der Waals surface area contributed by atoms with Crippen molar-refractivity contribution in [3.8, 4) is 0 Å². The lowest BCUT2D eigenvalue weighted by molar-refractivity contribution is -0.115. The number of nitrogens with zero attached hydrogens (tertiary/aromatic N) is 2. The fourth-order valence-corrected chi connectivity index (χ4v) is 0. The Morgan fingerprint density at radius 2 is 1.67 bits per heavy atom. The number of carbonyl (C=O) groups is 1. The van der Waals surface area contributed by atoms with Gasteiger partial charge in [0.1, 0.15) is 0 Å². The molecule has 0 aliphatic rings. The Hall–Kier alpha value is -0.570. The Morgan fingerprint density at radius 3 is 1.67 bits per heavy atom. The van der Waals surface area contributed by atoms with Crippen LogP contribution in [0.5, 0.6) is 0 Å². The number of hydrogen-bond donors (Lipinski definition) is 0. The molecular formula is C3H7N2O. The minimum atomic E-state index is 0. The van der Waals surface area contributed by atoms with Gasteiger partial charge in [-0.2, -0.15) is 0 Å². The molecule has 0 saturated heterocycles. The molecule has 0 unspecified atom stereocenters. The Balaban J connectivity index is 0. The number of amides is 1. The van der Waals surface area contributed by atoms with Crippen molar-refractivity contribution >= 4 is 6.41 Å². The Morgan fingerprint density at radius 1 is 1.50 bits per heavy atom. The van der Waals surface area contributed by atoms with Crippen LogP contribution in [0.25, 0.3) is 0 Å². The van der Waals surface area contributed by atoms with E-state index in [1.165, 1.54) is 4.90 Å². The van der Waals surface area contributed by atoms with E-state index in [2.05, 4.69) is 0 Å². The summed E-state index contributed by atoms with van der Waals surface area (Å²) in [6.07, 6.45) is 0.750. The molecule has 0 saturated carbocycles. The van der Waals surface area contributed by atoms with Gasteiger partial charge < -0.3 is 4.90 Å². The normalized spacial score (nSPS) is 5.67. The van der Waals surface area contributed by atoms with Gasteiger partial charge in [-0.15, -0.1) is 0 Å². The molecule has 0 N–H and O–H groups in total. The van der Waals surface area contributed by atoms with Crippen molar-refractivity contribution < 1.29 is 4.79 Å². The van der Waals surface area contributed by atoms with Crippen LogP contribution in [0.15, 0.2) is 0 Å². The summed E-state index contributed by atoms with van der Waals surface area (Å²) >= 11 is 0. The van der Waals surface area contributed by atoms with E-state index in [9.17, 15) is 4.79 Å². The lowest BCUT2D eigenvalue weighted by atomic mass is 11.0. The van der Waals surface area contributed by atoms with Crippen molar-refractivity contribution in [3.05, 3.63) is 0 Å². The van der Waals surface area contributed by atoms with Crippen LogP contribution in [0.1, 0.15) is 0 Å². The molecule has 6 heavy (non-hydrogen) atoms. The highest BCUT2D eigenvalue weighted by molar-refractivity contribution is 5.45. The minimum absolute atomic E-state index is 0. The number of rotatable bonds is 1. The van der Waals surface area contributed by atoms with E-state index in [4.69, 9.17) is 0 Å². The molecule has 3 radical (unpaired) electrons. The fourth-order valence-electron chi connectivity index (χ4n) is 0. The number of hydrogen-bond acceptors (Lipinski definition) is 1. The highest BCUT2D eigenvalue weighted by Gasteiger charge is 1.68. The van der Waals surface area contributed by atoms with Gasteiger partial charge in [0.15, 0.2) is 0 Å². The van der Waals surface area contributed by atoms with Gasteiger partial charge in [-0.3, -0.25) is 4.79 Å². The molecule has 3 nitrogen and oxygen atoms in total. The van der Waals surface area contributed by atoms with E-state index in [0.29, 0.717) is 0 Å². The third-order valence-electron chi connectivity index (χ3n) is 0.211. The molecule has 0 bridgehead atoms. The highest BCUT2D eigenvalue weighted by atomic mass is 16.1. The molecule has 0 aromatic carbocycles. The number of carbonyl (C=O) groups excluding carboxylic acids is 1. The van der Waals surface area contributed by atoms with Crippen LogP contribution in [0.3, 0.4) is 0 Å². The molecular weight excluding hydrogens is 80.0 g/mol. The monoisotopic (exact) mass is 87.1 g/mol. The fraction of sp³-hybridized carbons (Fsp3) is 0.667. The van der Waals surface area contributed by atoms with Crippen LogP contribution in [-0.2, 0) is 4.79 Å². The van der Waals surface area contributed by atoms with Crippen LogP contribution in [0, 0.1) is 0 Å². The third-order valence-corrected chi connectivity index (χ3v) is 0.211. The summed E-state index contributed by atoms with van der Waals surface area (Å²) in [6.45, 7) is 0. The molecule has 0 aliphatic heterocycles. The molecule has 0 atom stereocenters. The zero-order valence-corrected chi connectivity index (χ0v) is 3.88. The van der Waals surface area contributed by atoms with Crippen molar-refractivity contribution in [2.24, 2.45) is 0 Å². The molecule has 0 aromatic heterocycles. The third kappa shape index (κ3) is 9.90. The van der Waals surface area contributed by atoms with Crippen LogP contribution in [-0.4, -0.2) is 25.4 Å². The van der Waals surface area contributed by atoms with E-state index in [1.54, 1.807) is 14.1 Å². The topological polar surface area (TPSA) is 50.8 Å². The summed E-state index contributed by atoms with van der Waals surface area (Å²) in [5, 5.41) is 0. The lowest BCUT2D eigenvalue weighted by Crippen LogP contribution is -2.06. The second-order valence-electron chi connectivity index (χ2n) is 1.07. The van der Waals surface area contributed by atoms with Crippen molar-refractivity contribution in [2.75, 3.05) is 14.1 Å². The van der Waals surface area contributed by atoms with Crippen molar-refractivity contribution in [3.63, 3.8) is 0 Å². The van der Waals surface area contributed by atoms with Gasteiger partial charge in [-0.1, -0.05) is 0 Å². The first-order chi connectivity index (χ1) is 2.27. The minimum Gasteiger partial charge on any atom is -0.351 e. The standard InChI is InChI=1S/C3H7NO.N/c1-4(2)3-5;/h3H,1-2H3;. The van der Waals surface area contributed by atoms with Crippen LogP contribution in [0.4, 0.5) is 0 Å². The lowest BCUT2D eigenvalue weighted by Gasteiger charge is -1.93. The summed E-state index contributed by atoms with van der Waals surface area (Å²) in [7, 11) is 3.38. The molecule has 0 rings (SSSR count). The van der Waals surface area contributed by atoms with E-state index in [1.807, 2.05) is 0 Å². The second kappa shape index (κ2) is 4.43. The Bertz CT molecular complexity index is 35.8. The molecule has 0 aliphatic carbocycles. The maximum Gasteiger partial charge on any atom is 0.209 e. The van der Waals surface area contributed by atoms with Gasteiger partial charge in [0.25, 0.3) is 0 Å². The largest absolute Gasteiger partial charge is 0.351 e. The van der Waals surface area contributed by atoms with Crippen LogP contribution >= 0.6 is 0 Å². The molecule has 35 valence electrons. The zero-order chi connectivity index (χ0) is 4.28. The summed E-state index contributed by atoms with van der Waals surface area (Å²) in [6, 6.07) is 0. The molecule has 0 spiro atoms. The van der Waals surface area contributed by atoms with E-state index >= 15 is 0 Å². The van der Waals surface area contributed by atoms with Crippen molar-refractivity contribution in [1.82, 2.24) is 11.1 Å². The summed E-state index contributed by atoms with van der Waals surface area (Å²) in [4.78, 5) is 10.9. The molecule has 0 heterocycles. The summed E-state index contributed by atoms with van der Waals surface area (Å²) < 4.78 is 0. The maximum absolute atomic E-state index is 9.43. The van der Waals surface area contributed by atoms with Crippen LogP contribution in [0.2, 0.25) is 0 Å². The summed E-state index contributed by atoms with van der Waals surface area (Å²) in [5.74, 6) is 0. The van der Waals surface area contributed by atoms with E-state index in [0.717, 1.165) is 6.41 Å². The molecule has 0 aromatic rings. The average Bonchev–Trinajstić information content (AvgIpc) is 1.38. The Kier molecular flexibility index (Phi) is 6.69. The van der Waals surface area contributed by atoms with Gasteiger partial charge in [0.2, 0.25) is 6.41 Å². The van der Waals surface area contributed by atoms with E-state index in [-0.39, 0.29) is 6.15 Å². The molecule has 1 amide bonds. The smallest absolute Gasteiger partial charge is 0.209 e. The van der Waals surface area contributed by atoms with Gasteiger partial charge >= 0.3 is 0 Å².